The Morgan fingerprint density at radius 3 is 2.36 bits per heavy atom. The molecule has 9 nitrogen and oxygen atoms in total. The lowest BCUT2D eigenvalue weighted by atomic mass is 9.68. The third-order valence-corrected chi connectivity index (χ3v) is 12.1. The molecule has 12 heteroatoms. The SMILES string of the molecule is Cc1cc(C(=O)N2CCC3(CC2)c2cc(C(=O)NCc4ccccc4Cl)ccc2N(S(=O)(=O)c2ccc(F)cc2)C3C2CC2)nn1C. The number of piperidine rings is 1. The van der Waals surface area contributed by atoms with Crippen LogP contribution in [0.15, 0.2) is 77.7 Å². The number of benzene rings is 3. The average molecular weight is 676 g/mol. The summed E-state index contributed by atoms with van der Waals surface area (Å²) in [6.07, 6.45) is 2.77. The summed E-state index contributed by atoms with van der Waals surface area (Å²) < 4.78 is 45.9. The van der Waals surface area contributed by atoms with Crippen LogP contribution in [-0.4, -0.2) is 54.0 Å². The number of rotatable bonds is 7. The third kappa shape index (κ3) is 5.49. The van der Waals surface area contributed by atoms with Gasteiger partial charge in [0.2, 0.25) is 0 Å². The number of carbonyl (C=O) groups is 2. The smallest absolute Gasteiger partial charge is 0.274 e. The number of nitrogens with zero attached hydrogens (tertiary/aromatic N) is 4. The summed E-state index contributed by atoms with van der Waals surface area (Å²) in [5, 5.41) is 7.89. The number of anilines is 1. The Morgan fingerprint density at radius 2 is 1.72 bits per heavy atom. The van der Waals surface area contributed by atoms with E-state index in [-0.39, 0.29) is 29.2 Å². The molecule has 1 atom stereocenters. The zero-order chi connectivity index (χ0) is 33.1. The summed E-state index contributed by atoms with van der Waals surface area (Å²) in [5.74, 6) is -0.874. The van der Waals surface area contributed by atoms with Gasteiger partial charge in [0.1, 0.15) is 5.82 Å². The number of aromatic nitrogens is 2. The predicted octanol–water partition coefficient (Wildman–Crippen LogP) is 5.61. The number of halogens is 2. The van der Waals surface area contributed by atoms with Crippen LogP contribution >= 0.6 is 11.6 Å². The van der Waals surface area contributed by atoms with E-state index >= 15 is 0 Å². The Bertz CT molecular complexity index is 1970. The van der Waals surface area contributed by atoms with E-state index in [1.165, 1.54) is 16.4 Å². The highest BCUT2D eigenvalue weighted by Crippen LogP contribution is 2.59. The lowest BCUT2D eigenvalue weighted by Crippen LogP contribution is -2.54. The molecule has 1 aliphatic carbocycles. The first kappa shape index (κ1) is 31.4. The van der Waals surface area contributed by atoms with Gasteiger partial charge in [-0.1, -0.05) is 29.8 Å². The van der Waals surface area contributed by atoms with E-state index in [9.17, 15) is 22.4 Å². The van der Waals surface area contributed by atoms with Crippen LogP contribution in [0.4, 0.5) is 10.1 Å². The Kier molecular flexibility index (Phi) is 7.87. The van der Waals surface area contributed by atoms with Crippen LogP contribution in [0.1, 0.15) is 63.4 Å². The van der Waals surface area contributed by atoms with E-state index in [4.69, 9.17) is 11.6 Å². The average Bonchev–Trinajstić information content (AvgIpc) is 3.79. The second kappa shape index (κ2) is 11.8. The van der Waals surface area contributed by atoms with Crippen LogP contribution in [0.3, 0.4) is 0 Å². The molecule has 3 aromatic carbocycles. The van der Waals surface area contributed by atoms with Crippen LogP contribution in [0, 0.1) is 18.7 Å². The maximum absolute atomic E-state index is 14.4. The number of nitrogens with one attached hydrogen (secondary N) is 1. The number of hydrogen-bond donors (Lipinski definition) is 1. The summed E-state index contributed by atoms with van der Waals surface area (Å²) in [7, 11) is -2.30. The van der Waals surface area contributed by atoms with Gasteiger partial charge in [0.15, 0.2) is 5.69 Å². The molecule has 0 bridgehead atoms. The first-order valence-electron chi connectivity index (χ1n) is 15.8. The highest BCUT2D eigenvalue weighted by atomic mass is 35.5. The Labute approximate surface area is 278 Å². The molecule has 2 amide bonds. The third-order valence-electron chi connectivity index (χ3n) is 9.96. The van der Waals surface area contributed by atoms with Gasteiger partial charge >= 0.3 is 0 Å². The van der Waals surface area contributed by atoms with E-state index in [0.29, 0.717) is 47.9 Å². The molecule has 47 heavy (non-hydrogen) atoms. The van der Waals surface area contributed by atoms with Crippen molar-refractivity contribution in [1.29, 1.82) is 0 Å². The second-order valence-electron chi connectivity index (χ2n) is 12.8. The minimum atomic E-state index is -4.10. The van der Waals surface area contributed by atoms with E-state index in [0.717, 1.165) is 41.8 Å². The van der Waals surface area contributed by atoms with Crippen molar-refractivity contribution in [2.24, 2.45) is 13.0 Å². The first-order valence-corrected chi connectivity index (χ1v) is 17.6. The standard InChI is InChI=1S/C35H35ClFN5O4S/c1-22-19-30(39-40(22)2)34(44)41-17-15-35(16-18-41)28-20-24(33(43)38-21-25-5-3-4-6-29(25)36)9-14-31(28)42(32(35)23-7-8-23)47(45,46)27-12-10-26(37)11-13-27/h3-6,9-14,19-20,23,32H,7-8,15-18,21H2,1-2H3,(H,38,43). The normalized spacial score (nSPS) is 18.8. The van der Waals surface area contributed by atoms with Crippen LogP contribution in [0.5, 0.6) is 0 Å². The maximum Gasteiger partial charge on any atom is 0.274 e. The van der Waals surface area contributed by atoms with Crippen LogP contribution in [0.2, 0.25) is 5.02 Å². The summed E-state index contributed by atoms with van der Waals surface area (Å²) in [5.41, 5.74) is 3.12. The van der Waals surface area contributed by atoms with E-state index in [2.05, 4.69) is 10.4 Å². The molecular formula is C35H35ClFN5O4S. The van der Waals surface area contributed by atoms with Gasteiger partial charge in [-0.2, -0.15) is 5.10 Å². The molecule has 2 fully saturated rings. The molecule has 1 saturated heterocycles. The fourth-order valence-corrected chi connectivity index (χ4v) is 9.28. The van der Waals surface area contributed by atoms with Crippen LogP contribution < -0.4 is 9.62 Å². The number of hydrogen-bond acceptors (Lipinski definition) is 5. The van der Waals surface area contributed by atoms with Gasteiger partial charge in [0.25, 0.3) is 21.8 Å². The number of aryl methyl sites for hydroxylation is 2. The van der Waals surface area contributed by atoms with Crippen molar-refractivity contribution in [3.63, 3.8) is 0 Å². The largest absolute Gasteiger partial charge is 0.348 e. The van der Waals surface area contributed by atoms with E-state index in [1.807, 2.05) is 31.2 Å². The highest BCUT2D eigenvalue weighted by Gasteiger charge is 2.60. The summed E-state index contributed by atoms with van der Waals surface area (Å²) in [6, 6.07) is 18.8. The zero-order valence-corrected chi connectivity index (χ0v) is 27.7. The summed E-state index contributed by atoms with van der Waals surface area (Å²) in [4.78, 5) is 28.8. The monoisotopic (exact) mass is 675 g/mol. The molecule has 7 rings (SSSR count). The Morgan fingerprint density at radius 1 is 1.02 bits per heavy atom. The van der Waals surface area contributed by atoms with Crippen LogP contribution in [0.25, 0.3) is 0 Å². The molecule has 1 spiro atoms. The topological polar surface area (TPSA) is 105 Å². The molecule has 4 aromatic rings. The number of carbonyl (C=O) groups excluding carboxylic acids is 2. The summed E-state index contributed by atoms with van der Waals surface area (Å²) >= 11 is 6.31. The highest BCUT2D eigenvalue weighted by molar-refractivity contribution is 7.92. The van der Waals surface area contributed by atoms with Gasteiger partial charge in [0, 0.05) is 48.4 Å². The summed E-state index contributed by atoms with van der Waals surface area (Å²) in [6.45, 7) is 2.94. The predicted molar refractivity (Wildman–Crippen MR) is 176 cm³/mol. The van der Waals surface area contributed by atoms with Crippen molar-refractivity contribution in [1.82, 2.24) is 20.0 Å². The minimum absolute atomic E-state index is 0.00671. The van der Waals surface area contributed by atoms with Gasteiger partial charge in [-0.3, -0.25) is 18.6 Å². The lowest BCUT2D eigenvalue weighted by Gasteiger charge is -2.45. The van der Waals surface area contributed by atoms with Gasteiger partial charge in [-0.05, 0) is 104 Å². The zero-order valence-electron chi connectivity index (χ0n) is 26.1. The van der Waals surface area contributed by atoms with Crippen molar-refractivity contribution < 1.29 is 22.4 Å². The quantitative estimate of drug-likeness (QED) is 0.274. The minimum Gasteiger partial charge on any atom is -0.348 e. The molecule has 2 aliphatic heterocycles. The molecule has 1 aromatic heterocycles. The van der Waals surface area contributed by atoms with Crippen molar-refractivity contribution in [3.05, 3.63) is 112 Å². The molecule has 1 saturated carbocycles. The Balaban J connectivity index is 1.27. The van der Waals surface area contributed by atoms with Crippen molar-refractivity contribution in [2.45, 2.75) is 55.5 Å². The fraction of sp³-hybridized carbons (Fsp3) is 0.343. The van der Waals surface area contributed by atoms with Crippen molar-refractivity contribution in [2.75, 3.05) is 17.4 Å². The lowest BCUT2D eigenvalue weighted by molar-refractivity contribution is 0.0641. The fourth-order valence-electron chi connectivity index (χ4n) is 7.28. The van der Waals surface area contributed by atoms with E-state index in [1.54, 1.807) is 40.9 Å². The van der Waals surface area contributed by atoms with Crippen LogP contribution in [-0.2, 0) is 29.0 Å². The maximum atomic E-state index is 14.4. The number of likely N-dealkylation sites (tertiary alicyclic amines) is 1. The van der Waals surface area contributed by atoms with E-state index < -0.39 is 27.3 Å². The number of amides is 2. The number of fused-ring (bicyclic) bond motifs is 2. The molecule has 3 heterocycles. The molecule has 1 unspecified atom stereocenters. The van der Waals surface area contributed by atoms with Gasteiger partial charge in [-0.15, -0.1) is 0 Å². The van der Waals surface area contributed by atoms with Gasteiger partial charge in [-0.25, -0.2) is 12.8 Å². The van der Waals surface area contributed by atoms with Crippen molar-refractivity contribution >= 4 is 39.1 Å². The first-order chi connectivity index (χ1) is 22.5. The molecule has 1 N–H and O–H groups in total. The van der Waals surface area contributed by atoms with Gasteiger partial charge in [0.05, 0.1) is 16.6 Å². The second-order valence-corrected chi connectivity index (χ2v) is 15.0. The van der Waals surface area contributed by atoms with Gasteiger partial charge < -0.3 is 10.2 Å². The molecule has 3 aliphatic rings. The molecular weight excluding hydrogens is 641 g/mol. The Hall–Kier alpha value is -4.22. The van der Waals surface area contributed by atoms with Crippen molar-refractivity contribution in [3.8, 4) is 0 Å². The molecule has 244 valence electrons. The number of sulfonamides is 1. The molecule has 0 radical (unpaired) electrons.